The second kappa shape index (κ2) is 8.19. The summed E-state index contributed by atoms with van der Waals surface area (Å²) in [6, 6.07) is 0.154. The van der Waals surface area contributed by atoms with Crippen LogP contribution in [0.25, 0.3) is 0 Å². The minimum absolute atomic E-state index is 0.0155. The molecule has 0 aromatic carbocycles. The molecule has 0 N–H and O–H groups in total. The molecule has 2 fully saturated rings. The number of phosphoric acid groups is 1. The predicted octanol–water partition coefficient (Wildman–Crippen LogP) is 4.08. The van der Waals surface area contributed by atoms with Crippen LogP contribution in [0.2, 0.25) is 0 Å². The molecule has 0 aromatic heterocycles. The quantitative estimate of drug-likeness (QED) is 0.598. The molecule has 30 heavy (non-hydrogen) atoms. The largest absolute Gasteiger partial charge is 0.529 e. The van der Waals surface area contributed by atoms with E-state index in [4.69, 9.17) is 23.0 Å². The predicted molar refractivity (Wildman–Crippen MR) is 114 cm³/mol. The summed E-state index contributed by atoms with van der Waals surface area (Å²) in [4.78, 5) is 2.34. The van der Waals surface area contributed by atoms with Crippen LogP contribution in [-0.4, -0.2) is 64.2 Å². The second-order valence-electron chi connectivity index (χ2n) is 9.60. The van der Waals surface area contributed by atoms with Crippen LogP contribution in [0.4, 0.5) is 0 Å². The van der Waals surface area contributed by atoms with Crippen molar-refractivity contribution in [2.75, 3.05) is 41.0 Å². The normalized spacial score (nSPS) is 38.0. The third-order valence-corrected chi connectivity index (χ3v) is 8.17. The lowest BCUT2D eigenvalue weighted by Gasteiger charge is -2.43. The Bertz CT molecular complexity index is 791. The van der Waals surface area contributed by atoms with Crippen LogP contribution < -0.4 is 0 Å². The number of nitrogens with zero attached hydrogens (tertiary/aromatic N) is 1. The minimum atomic E-state index is -3.55. The van der Waals surface area contributed by atoms with E-state index in [1.807, 2.05) is 13.8 Å². The Hall–Kier alpha value is -0.950. The number of hydrogen-bond donors (Lipinski definition) is 0. The smallest absolute Gasteiger partial charge is 0.409 e. The lowest BCUT2D eigenvalue weighted by molar-refractivity contribution is 0.00718. The highest BCUT2D eigenvalue weighted by atomic mass is 31.2. The van der Waals surface area contributed by atoms with E-state index < -0.39 is 7.82 Å². The summed E-state index contributed by atoms with van der Waals surface area (Å²) in [6.07, 6.45) is 11.1. The highest BCUT2D eigenvalue weighted by Gasteiger charge is 2.50. The van der Waals surface area contributed by atoms with Gasteiger partial charge in [0.2, 0.25) is 0 Å². The van der Waals surface area contributed by atoms with Crippen molar-refractivity contribution in [3.63, 3.8) is 0 Å². The zero-order valence-corrected chi connectivity index (χ0v) is 19.5. The monoisotopic (exact) mass is 439 g/mol. The first-order valence-electron chi connectivity index (χ1n) is 10.7. The summed E-state index contributed by atoms with van der Waals surface area (Å²) in [7, 11) is 2.00. The Morgan fingerprint density at radius 2 is 1.80 bits per heavy atom. The summed E-state index contributed by atoms with van der Waals surface area (Å²) in [5.74, 6) is 0.700. The molecular weight excluding hydrogens is 405 g/mol. The van der Waals surface area contributed by atoms with Crippen molar-refractivity contribution in [3.8, 4) is 0 Å². The zero-order chi connectivity index (χ0) is 21.6. The van der Waals surface area contributed by atoms with Crippen molar-refractivity contribution in [2.24, 2.45) is 10.8 Å². The van der Waals surface area contributed by atoms with Crippen molar-refractivity contribution in [2.45, 2.75) is 51.4 Å². The first-order valence-corrected chi connectivity index (χ1v) is 12.1. The van der Waals surface area contributed by atoms with E-state index in [2.05, 4.69) is 36.3 Å². The molecule has 4 rings (SSSR count). The molecule has 8 heteroatoms. The Morgan fingerprint density at radius 1 is 1.10 bits per heavy atom. The van der Waals surface area contributed by atoms with Crippen LogP contribution in [0, 0.1) is 10.8 Å². The van der Waals surface area contributed by atoms with Crippen LogP contribution in [0.5, 0.6) is 0 Å². The molecule has 0 aromatic rings. The lowest BCUT2D eigenvalue weighted by Crippen LogP contribution is -2.42. The van der Waals surface area contributed by atoms with E-state index in [-0.39, 0.29) is 29.1 Å². The van der Waals surface area contributed by atoms with Gasteiger partial charge < -0.3 is 14.0 Å². The highest BCUT2D eigenvalue weighted by molar-refractivity contribution is 7.48. The molecule has 2 saturated heterocycles. The van der Waals surface area contributed by atoms with Crippen LogP contribution in [0.1, 0.15) is 33.1 Å². The van der Waals surface area contributed by atoms with Crippen LogP contribution in [-0.2, 0) is 27.6 Å². The van der Waals surface area contributed by atoms with Crippen LogP contribution in [0.15, 0.2) is 35.6 Å². The van der Waals surface area contributed by atoms with Gasteiger partial charge in [0.1, 0.15) is 18.0 Å². The number of rotatable bonds is 5. The molecular formula is C22H34NO6P. The summed E-state index contributed by atoms with van der Waals surface area (Å²) in [5.41, 5.74) is 1.11. The number of phosphoric ester groups is 1. The molecule has 0 radical (unpaired) electrons. The van der Waals surface area contributed by atoms with Crippen molar-refractivity contribution in [1.29, 1.82) is 0 Å². The summed E-state index contributed by atoms with van der Waals surface area (Å²) >= 11 is 0. The molecule has 2 aliphatic heterocycles. The third kappa shape index (κ3) is 4.08. The fourth-order valence-electron chi connectivity index (χ4n) is 4.95. The number of hydrogen-bond acceptors (Lipinski definition) is 7. The highest BCUT2D eigenvalue weighted by Crippen LogP contribution is 2.59. The molecule has 2 aliphatic carbocycles. The number of fused-ring (bicyclic) bond motifs is 1. The molecule has 4 aliphatic rings. The van der Waals surface area contributed by atoms with Gasteiger partial charge in [-0.05, 0) is 44.2 Å². The van der Waals surface area contributed by atoms with Gasteiger partial charge in [0, 0.05) is 37.5 Å². The van der Waals surface area contributed by atoms with Crippen LogP contribution >= 0.6 is 7.82 Å². The molecule has 2 unspecified atom stereocenters. The van der Waals surface area contributed by atoms with Gasteiger partial charge in [-0.15, -0.1) is 0 Å². The van der Waals surface area contributed by atoms with Gasteiger partial charge in [-0.2, -0.15) is 0 Å². The van der Waals surface area contributed by atoms with Crippen molar-refractivity contribution in [1.82, 2.24) is 4.90 Å². The molecule has 4 atom stereocenters. The first kappa shape index (κ1) is 22.3. The molecule has 168 valence electrons. The summed E-state index contributed by atoms with van der Waals surface area (Å²) in [5, 5.41) is 0. The Balaban J connectivity index is 1.55. The zero-order valence-electron chi connectivity index (χ0n) is 18.6. The van der Waals surface area contributed by atoms with Crippen LogP contribution in [0.3, 0.4) is 0 Å². The maximum atomic E-state index is 12.9. The van der Waals surface area contributed by atoms with Gasteiger partial charge in [-0.25, -0.2) is 4.57 Å². The maximum absolute atomic E-state index is 12.9. The van der Waals surface area contributed by atoms with Gasteiger partial charge in [0.15, 0.2) is 0 Å². The Morgan fingerprint density at radius 3 is 2.47 bits per heavy atom. The second-order valence-corrected chi connectivity index (χ2v) is 11.2. The van der Waals surface area contributed by atoms with E-state index in [1.54, 1.807) is 14.2 Å². The molecule has 0 amide bonds. The van der Waals surface area contributed by atoms with Gasteiger partial charge >= 0.3 is 7.82 Å². The van der Waals surface area contributed by atoms with Crippen molar-refractivity contribution in [3.05, 3.63) is 35.6 Å². The van der Waals surface area contributed by atoms with E-state index in [0.29, 0.717) is 25.4 Å². The molecule has 7 nitrogen and oxygen atoms in total. The fraction of sp³-hybridized carbons (Fsp3) is 0.727. The molecule has 0 bridgehead atoms. The molecule has 0 spiro atoms. The number of ether oxygens (including phenoxy) is 2. The Labute approximate surface area is 179 Å². The first-order chi connectivity index (χ1) is 14.2. The van der Waals surface area contributed by atoms with E-state index in [1.165, 1.54) is 5.57 Å². The SMILES string of the molecule is COC1C=CC([C@@]23CCC(OP4(=O)OCC(C)(C)CO4)=C[C@@H]2N(C)CC3)=CC1OC. The fourth-order valence-corrected chi connectivity index (χ4v) is 6.59. The average Bonchev–Trinajstić information content (AvgIpc) is 3.07. The van der Waals surface area contributed by atoms with Gasteiger partial charge in [0.25, 0.3) is 0 Å². The van der Waals surface area contributed by atoms with E-state index in [9.17, 15) is 4.57 Å². The maximum Gasteiger partial charge on any atom is 0.529 e. The molecule has 2 heterocycles. The lowest BCUT2D eigenvalue weighted by atomic mass is 9.66. The van der Waals surface area contributed by atoms with E-state index >= 15 is 0 Å². The third-order valence-electron chi connectivity index (χ3n) is 6.82. The van der Waals surface area contributed by atoms with E-state index in [0.717, 1.165) is 19.4 Å². The summed E-state index contributed by atoms with van der Waals surface area (Å²) < 4.78 is 41.0. The number of allylic oxidation sites excluding steroid dienone is 2. The van der Waals surface area contributed by atoms with Crippen molar-refractivity contribution < 1.29 is 27.6 Å². The summed E-state index contributed by atoms with van der Waals surface area (Å²) in [6.45, 7) is 5.75. The number of likely N-dealkylation sites (tertiary alicyclic amines) is 1. The Kier molecular flexibility index (Phi) is 6.08. The number of likely N-dealkylation sites (N-methyl/N-ethyl adjacent to an activating group) is 1. The minimum Gasteiger partial charge on any atom is -0.409 e. The van der Waals surface area contributed by atoms with Gasteiger partial charge in [0.05, 0.1) is 13.2 Å². The molecule has 0 saturated carbocycles. The van der Waals surface area contributed by atoms with Gasteiger partial charge in [-0.1, -0.05) is 26.0 Å². The average molecular weight is 439 g/mol. The van der Waals surface area contributed by atoms with Gasteiger partial charge in [-0.3, -0.25) is 13.9 Å². The van der Waals surface area contributed by atoms with Crippen molar-refractivity contribution >= 4 is 7.82 Å². The number of methoxy groups -OCH3 is 2. The topological polar surface area (TPSA) is 66.5 Å². The standard InChI is InChI=1S/C22H34NO6P/c1-21(2)14-27-30(24,28-15-21)29-17-8-9-22(10-11-23(3)20(22)13-17)16-6-7-18(25-4)19(12-16)26-5/h6-7,12-13,18-20H,8-11,14-15H2,1-5H3/t18?,19?,20-,22-/m0/s1.